The van der Waals surface area contributed by atoms with Gasteiger partial charge in [-0.3, -0.25) is 4.57 Å². The van der Waals surface area contributed by atoms with Gasteiger partial charge in [0, 0.05) is 5.92 Å². The third kappa shape index (κ3) is 4.35. The Morgan fingerprint density at radius 1 is 1.12 bits per heavy atom. The molecule has 1 fully saturated rings. The van der Waals surface area contributed by atoms with E-state index >= 15 is 0 Å². The predicted octanol–water partition coefficient (Wildman–Crippen LogP) is 6.99. The molecule has 1 saturated carbocycles. The van der Waals surface area contributed by atoms with Crippen molar-refractivity contribution in [1.29, 1.82) is 0 Å². The summed E-state index contributed by atoms with van der Waals surface area (Å²) in [7, 11) is -3.26. The van der Waals surface area contributed by atoms with E-state index in [9.17, 15) is 9.67 Å². The Bertz CT molecular complexity index is 1030. The van der Waals surface area contributed by atoms with Crippen LogP contribution >= 0.6 is 7.60 Å². The first-order chi connectivity index (χ1) is 15.2. The first kappa shape index (κ1) is 23.4. The second-order valence-corrected chi connectivity index (χ2v) is 11.4. The molecule has 1 N–H and O–H groups in total. The predicted molar refractivity (Wildman–Crippen MR) is 127 cm³/mol. The molecular weight excluding hydrogens is 423 g/mol. The lowest BCUT2D eigenvalue weighted by atomic mass is 9.87. The minimum atomic E-state index is -3.26. The van der Waals surface area contributed by atoms with Crippen molar-refractivity contribution in [2.24, 2.45) is 0 Å². The number of phenols is 1. The Labute approximate surface area is 191 Å². The zero-order valence-corrected chi connectivity index (χ0v) is 20.7. The first-order valence-electron chi connectivity index (χ1n) is 11.7. The van der Waals surface area contributed by atoms with E-state index in [2.05, 4.69) is 39.0 Å². The molecule has 2 aliphatic rings. The minimum absolute atomic E-state index is 0.0843. The average molecular weight is 459 g/mol. The van der Waals surface area contributed by atoms with E-state index in [4.69, 9.17) is 13.8 Å². The molecule has 2 aromatic carbocycles. The maximum Gasteiger partial charge on any atom is 0.367 e. The molecular formula is C26H35O5P. The molecule has 2 aliphatic carbocycles. The Hall–Kier alpha value is -1.81. The minimum Gasteiger partial charge on any atom is -0.508 e. The zero-order valence-electron chi connectivity index (χ0n) is 19.8. The van der Waals surface area contributed by atoms with Crippen LogP contribution in [0.15, 0.2) is 30.3 Å². The highest BCUT2D eigenvalue weighted by Gasteiger charge is 2.53. The van der Waals surface area contributed by atoms with Crippen molar-refractivity contribution in [3.8, 4) is 11.5 Å². The fraction of sp³-hybridized carbons (Fsp3) is 0.538. The summed E-state index contributed by atoms with van der Waals surface area (Å²) in [5, 5.41) is 10.3. The lowest BCUT2D eigenvalue weighted by molar-refractivity contribution is 0.197. The van der Waals surface area contributed by atoms with Crippen LogP contribution in [0.5, 0.6) is 11.5 Å². The number of ether oxygens (including phenoxy) is 1. The lowest BCUT2D eigenvalue weighted by Gasteiger charge is -2.20. The molecule has 6 heteroatoms. The molecule has 2 aromatic rings. The van der Waals surface area contributed by atoms with Crippen LogP contribution in [-0.4, -0.2) is 24.7 Å². The number of aryl methyl sites for hydroxylation is 1. The summed E-state index contributed by atoms with van der Waals surface area (Å²) >= 11 is 0. The van der Waals surface area contributed by atoms with Crippen molar-refractivity contribution in [3.05, 3.63) is 58.1 Å². The van der Waals surface area contributed by atoms with E-state index in [1.54, 1.807) is 13.8 Å². The van der Waals surface area contributed by atoms with Crippen LogP contribution in [-0.2, 0) is 19.0 Å². The van der Waals surface area contributed by atoms with Gasteiger partial charge in [-0.2, -0.15) is 0 Å². The second kappa shape index (κ2) is 8.85. The monoisotopic (exact) mass is 458 g/mol. The first-order valence-corrected chi connectivity index (χ1v) is 13.4. The number of aromatic hydroxyl groups is 1. The van der Waals surface area contributed by atoms with Crippen molar-refractivity contribution < 1.29 is 23.5 Å². The van der Waals surface area contributed by atoms with Gasteiger partial charge in [0.1, 0.15) is 11.5 Å². The number of hydrogen-bond acceptors (Lipinski definition) is 5. The van der Waals surface area contributed by atoms with Gasteiger partial charge in [0.15, 0.2) is 6.35 Å². The number of benzene rings is 2. The van der Waals surface area contributed by atoms with Crippen LogP contribution in [0.4, 0.5) is 0 Å². The molecule has 32 heavy (non-hydrogen) atoms. The van der Waals surface area contributed by atoms with Gasteiger partial charge in [-0.05, 0) is 97.4 Å². The molecule has 174 valence electrons. The van der Waals surface area contributed by atoms with E-state index < -0.39 is 7.60 Å². The van der Waals surface area contributed by atoms with Crippen molar-refractivity contribution in [2.75, 3.05) is 19.6 Å². The lowest BCUT2D eigenvalue weighted by Crippen LogP contribution is -2.07. The van der Waals surface area contributed by atoms with Crippen molar-refractivity contribution in [1.82, 2.24) is 0 Å². The molecule has 5 nitrogen and oxygen atoms in total. The summed E-state index contributed by atoms with van der Waals surface area (Å²) in [4.78, 5) is 0. The molecule has 0 radical (unpaired) electrons. The number of hydrogen-bond donors (Lipinski definition) is 1. The van der Waals surface area contributed by atoms with Gasteiger partial charge in [0.25, 0.3) is 0 Å². The summed E-state index contributed by atoms with van der Waals surface area (Å²) < 4.78 is 29.5. The fourth-order valence-electron chi connectivity index (χ4n) is 5.17. The summed E-state index contributed by atoms with van der Waals surface area (Å²) in [5.41, 5.74) is 6.41. The highest BCUT2D eigenvalue weighted by atomic mass is 31.2. The number of phenolic OH excluding ortho intramolecular Hbond substituents is 1. The van der Waals surface area contributed by atoms with Gasteiger partial charge in [0.2, 0.25) is 0 Å². The van der Waals surface area contributed by atoms with Gasteiger partial charge in [-0.25, -0.2) is 0 Å². The summed E-state index contributed by atoms with van der Waals surface area (Å²) in [6.45, 7) is 10.6. The maximum atomic E-state index is 12.8. The van der Waals surface area contributed by atoms with Crippen LogP contribution < -0.4 is 4.74 Å². The third-order valence-electron chi connectivity index (χ3n) is 6.85. The summed E-state index contributed by atoms with van der Waals surface area (Å²) in [6.07, 6.45) is 3.38. The highest BCUT2D eigenvalue weighted by Crippen LogP contribution is 2.63. The van der Waals surface area contributed by atoms with E-state index in [-0.39, 0.29) is 17.7 Å². The second-order valence-electron chi connectivity index (χ2n) is 9.43. The van der Waals surface area contributed by atoms with Crippen molar-refractivity contribution in [3.63, 3.8) is 0 Å². The molecule has 0 amide bonds. The molecule has 1 unspecified atom stereocenters. The fourth-order valence-corrected chi connectivity index (χ4v) is 6.49. The Morgan fingerprint density at radius 3 is 2.41 bits per heavy atom. The number of rotatable bonds is 9. The largest absolute Gasteiger partial charge is 0.508 e. The molecule has 1 atom stereocenters. The smallest absolute Gasteiger partial charge is 0.367 e. The molecule has 1 spiro atoms. The van der Waals surface area contributed by atoms with Crippen LogP contribution in [0.25, 0.3) is 0 Å². The van der Waals surface area contributed by atoms with Gasteiger partial charge in [0.05, 0.1) is 13.2 Å². The third-order valence-corrected chi connectivity index (χ3v) is 8.59. The SMILES string of the molecule is CCOP(=O)(COc1cc(C)c2c(c1)C1(CC1)CC2c1ccc(O)c(C(C)C)c1)OCC. The van der Waals surface area contributed by atoms with Gasteiger partial charge < -0.3 is 18.9 Å². The van der Waals surface area contributed by atoms with E-state index in [0.29, 0.717) is 24.9 Å². The Morgan fingerprint density at radius 2 is 1.81 bits per heavy atom. The van der Waals surface area contributed by atoms with E-state index in [0.717, 1.165) is 17.7 Å². The molecule has 0 bridgehead atoms. The Kier molecular flexibility index (Phi) is 6.46. The number of fused-ring (bicyclic) bond motifs is 2. The zero-order chi connectivity index (χ0) is 23.1. The van der Waals surface area contributed by atoms with Crippen LogP contribution in [0.2, 0.25) is 0 Å². The summed E-state index contributed by atoms with van der Waals surface area (Å²) in [5.74, 6) is 1.68. The van der Waals surface area contributed by atoms with Crippen molar-refractivity contribution in [2.45, 2.75) is 71.1 Å². The van der Waals surface area contributed by atoms with Gasteiger partial charge >= 0.3 is 7.60 Å². The van der Waals surface area contributed by atoms with E-state index in [1.807, 2.05) is 12.1 Å². The Balaban J connectivity index is 1.65. The van der Waals surface area contributed by atoms with Crippen LogP contribution in [0, 0.1) is 6.92 Å². The van der Waals surface area contributed by atoms with Crippen LogP contribution in [0.1, 0.15) is 86.6 Å². The standard InChI is InChI=1S/C26H35O5P/c1-6-30-32(28,31-7-2)16-29-20-12-18(5)25-22(15-26(10-11-26)23(25)14-20)19-8-9-24(27)21(13-19)17(3)4/h8-9,12-14,17,22,27H,6-7,10-11,15-16H2,1-5H3. The molecule has 0 aromatic heterocycles. The average Bonchev–Trinajstić information content (AvgIpc) is 3.44. The molecule has 0 heterocycles. The van der Waals surface area contributed by atoms with Gasteiger partial charge in [-0.1, -0.05) is 26.0 Å². The summed E-state index contributed by atoms with van der Waals surface area (Å²) in [6, 6.07) is 10.3. The van der Waals surface area contributed by atoms with Gasteiger partial charge in [-0.15, -0.1) is 0 Å². The molecule has 0 aliphatic heterocycles. The molecule has 4 rings (SSSR count). The topological polar surface area (TPSA) is 65.0 Å². The maximum absolute atomic E-state index is 12.8. The van der Waals surface area contributed by atoms with E-state index in [1.165, 1.54) is 35.1 Å². The van der Waals surface area contributed by atoms with Crippen molar-refractivity contribution >= 4 is 7.60 Å². The highest BCUT2D eigenvalue weighted by molar-refractivity contribution is 7.53. The molecule has 0 saturated heterocycles. The van der Waals surface area contributed by atoms with Crippen LogP contribution in [0.3, 0.4) is 0 Å². The quantitative estimate of drug-likeness (QED) is 0.410. The normalized spacial score (nSPS) is 18.9.